The Labute approximate surface area is 52.9 Å². The van der Waals surface area contributed by atoms with Crippen LogP contribution in [-0.2, 0) is 0 Å². The Balaban J connectivity index is -0.0000000483. The van der Waals surface area contributed by atoms with Gasteiger partial charge >= 0.3 is 0 Å². The molecule has 0 rings (SSSR count). The van der Waals surface area contributed by atoms with Gasteiger partial charge in [-0.2, -0.15) is 0 Å². The van der Waals surface area contributed by atoms with Crippen LogP contribution < -0.4 is 5.73 Å². The Kier molecular flexibility index (Phi) is 209. The SMILES string of the molecule is C=CC.C=CN.CC. The number of nitrogens with two attached hydrogens (primary N) is 1. The molecular weight excluding hydrogens is 98.1 g/mol. The highest BCUT2D eigenvalue weighted by atomic mass is 14.5. The van der Waals surface area contributed by atoms with Gasteiger partial charge in [-0.25, -0.2) is 0 Å². The molecule has 0 aliphatic carbocycles. The standard InChI is InChI=1S/C3H6.C2H5N.C2H6/c1-3-2;1-2-3;1-2/h3H,1H2,2H3;2H,1,3H2;1-2H3. The summed E-state index contributed by atoms with van der Waals surface area (Å²) < 4.78 is 0. The van der Waals surface area contributed by atoms with Gasteiger partial charge in [-0.1, -0.05) is 26.5 Å². The molecule has 0 amide bonds. The third-order valence-electron chi connectivity index (χ3n) is 0. The molecule has 0 aliphatic heterocycles. The molecule has 0 atom stereocenters. The Morgan fingerprint density at radius 2 is 1.25 bits per heavy atom. The first-order valence-electron chi connectivity index (χ1n) is 2.73. The van der Waals surface area contributed by atoms with Crippen LogP contribution in [0.2, 0.25) is 0 Å². The molecule has 0 bridgehead atoms. The zero-order valence-electron chi connectivity index (χ0n) is 6.15. The third kappa shape index (κ3) is 187. The van der Waals surface area contributed by atoms with Crippen LogP contribution in [0.15, 0.2) is 25.4 Å². The number of hydrogen-bond donors (Lipinski definition) is 1. The van der Waals surface area contributed by atoms with Crippen molar-refractivity contribution in [2.75, 3.05) is 0 Å². The van der Waals surface area contributed by atoms with Crippen LogP contribution in [0, 0.1) is 0 Å². The van der Waals surface area contributed by atoms with Gasteiger partial charge in [0.05, 0.1) is 0 Å². The zero-order valence-corrected chi connectivity index (χ0v) is 6.15. The van der Waals surface area contributed by atoms with E-state index < -0.39 is 0 Å². The van der Waals surface area contributed by atoms with E-state index in [0.29, 0.717) is 0 Å². The molecule has 0 saturated heterocycles. The lowest BCUT2D eigenvalue weighted by atomic mass is 10.8. The summed E-state index contributed by atoms with van der Waals surface area (Å²) in [5, 5.41) is 0. The normalized spacial score (nSPS) is 3.88. The molecule has 1 heteroatoms. The van der Waals surface area contributed by atoms with Gasteiger partial charge in [-0.3, -0.25) is 0 Å². The molecule has 1 nitrogen and oxygen atoms in total. The van der Waals surface area contributed by atoms with E-state index in [1.54, 1.807) is 6.08 Å². The summed E-state index contributed by atoms with van der Waals surface area (Å²) in [6.07, 6.45) is 3.00. The molecule has 0 aromatic rings. The lowest BCUT2D eigenvalue weighted by Gasteiger charge is -1.40. The summed E-state index contributed by atoms with van der Waals surface area (Å²) in [4.78, 5) is 0. The highest BCUT2D eigenvalue weighted by Gasteiger charge is 1.15. The van der Waals surface area contributed by atoms with Gasteiger partial charge in [-0.05, 0) is 13.1 Å². The van der Waals surface area contributed by atoms with E-state index in [1.807, 2.05) is 20.8 Å². The summed E-state index contributed by atoms with van der Waals surface area (Å²) in [6.45, 7) is 12.4. The zero-order chi connectivity index (χ0) is 7.41. The van der Waals surface area contributed by atoms with Crippen LogP contribution in [-0.4, -0.2) is 0 Å². The van der Waals surface area contributed by atoms with E-state index in [4.69, 9.17) is 0 Å². The summed E-state index contributed by atoms with van der Waals surface area (Å²) in [7, 11) is 0. The topological polar surface area (TPSA) is 26.0 Å². The van der Waals surface area contributed by atoms with Gasteiger partial charge in [0, 0.05) is 0 Å². The van der Waals surface area contributed by atoms with Crippen molar-refractivity contribution >= 4 is 0 Å². The number of rotatable bonds is 0. The first kappa shape index (κ1) is 15.7. The van der Waals surface area contributed by atoms with Crippen molar-refractivity contribution in [1.29, 1.82) is 0 Å². The first-order valence-corrected chi connectivity index (χ1v) is 2.73. The second kappa shape index (κ2) is 107. The third-order valence-corrected chi connectivity index (χ3v) is 0. The van der Waals surface area contributed by atoms with E-state index in [0.717, 1.165) is 0 Å². The van der Waals surface area contributed by atoms with Crippen molar-refractivity contribution in [1.82, 2.24) is 0 Å². The van der Waals surface area contributed by atoms with E-state index in [1.165, 1.54) is 6.20 Å². The van der Waals surface area contributed by atoms with Crippen molar-refractivity contribution in [2.24, 2.45) is 5.73 Å². The predicted molar refractivity (Wildman–Crippen MR) is 41.6 cm³/mol. The minimum atomic E-state index is 1.25. The molecule has 0 heterocycles. The van der Waals surface area contributed by atoms with Crippen LogP contribution in [0.1, 0.15) is 20.8 Å². The predicted octanol–water partition coefficient (Wildman–Crippen LogP) is 2.31. The maximum atomic E-state index is 4.61. The molecule has 0 aromatic heterocycles. The van der Waals surface area contributed by atoms with Crippen LogP contribution in [0.3, 0.4) is 0 Å². The molecule has 0 saturated carbocycles. The van der Waals surface area contributed by atoms with Gasteiger partial charge in [0.25, 0.3) is 0 Å². The van der Waals surface area contributed by atoms with Crippen LogP contribution >= 0.6 is 0 Å². The van der Waals surface area contributed by atoms with E-state index in [2.05, 4.69) is 18.9 Å². The maximum Gasteiger partial charge on any atom is -0.0136 e. The second-order valence-corrected chi connectivity index (χ2v) is 0.644. The summed E-state index contributed by atoms with van der Waals surface area (Å²) >= 11 is 0. The van der Waals surface area contributed by atoms with Crippen molar-refractivity contribution in [2.45, 2.75) is 20.8 Å². The Morgan fingerprint density at radius 3 is 1.25 bits per heavy atom. The van der Waals surface area contributed by atoms with Gasteiger partial charge < -0.3 is 5.73 Å². The molecule has 0 spiro atoms. The highest BCUT2D eigenvalue weighted by Crippen LogP contribution is 1.38. The van der Waals surface area contributed by atoms with E-state index >= 15 is 0 Å². The summed E-state index contributed by atoms with van der Waals surface area (Å²) in [6, 6.07) is 0. The molecule has 0 unspecified atom stereocenters. The second-order valence-electron chi connectivity index (χ2n) is 0.644. The van der Waals surface area contributed by atoms with Gasteiger partial charge in [0.15, 0.2) is 0 Å². The minimum Gasteiger partial charge on any atom is -0.405 e. The molecule has 0 aliphatic rings. The van der Waals surface area contributed by atoms with Crippen molar-refractivity contribution in [3.63, 3.8) is 0 Å². The van der Waals surface area contributed by atoms with Crippen LogP contribution in [0.4, 0.5) is 0 Å². The number of hydrogen-bond acceptors (Lipinski definition) is 1. The average molecular weight is 115 g/mol. The lowest BCUT2D eigenvalue weighted by Crippen LogP contribution is -1.67. The smallest absolute Gasteiger partial charge is 0.0136 e. The largest absolute Gasteiger partial charge is 0.405 e. The van der Waals surface area contributed by atoms with Gasteiger partial charge in [0.1, 0.15) is 0 Å². The van der Waals surface area contributed by atoms with Crippen molar-refractivity contribution < 1.29 is 0 Å². The minimum absolute atomic E-state index is 1.25. The molecule has 0 aromatic carbocycles. The van der Waals surface area contributed by atoms with Crippen molar-refractivity contribution in [3.8, 4) is 0 Å². The van der Waals surface area contributed by atoms with Crippen LogP contribution in [0.25, 0.3) is 0 Å². The number of allylic oxidation sites excluding steroid dienone is 1. The first-order chi connectivity index (χ1) is 3.83. The summed E-state index contributed by atoms with van der Waals surface area (Å²) in [5.41, 5.74) is 4.61. The van der Waals surface area contributed by atoms with Gasteiger partial charge in [0.2, 0.25) is 0 Å². The Hall–Kier alpha value is -0.720. The molecule has 50 valence electrons. The van der Waals surface area contributed by atoms with Gasteiger partial charge in [-0.15, -0.1) is 6.58 Å². The van der Waals surface area contributed by atoms with Crippen LogP contribution in [0.5, 0.6) is 0 Å². The van der Waals surface area contributed by atoms with E-state index in [-0.39, 0.29) is 0 Å². The molecule has 0 fully saturated rings. The van der Waals surface area contributed by atoms with Crippen molar-refractivity contribution in [3.05, 3.63) is 25.4 Å². The summed E-state index contributed by atoms with van der Waals surface area (Å²) in [5.74, 6) is 0. The Morgan fingerprint density at radius 1 is 1.25 bits per heavy atom. The quantitative estimate of drug-likeness (QED) is 0.482. The molecular formula is C7H17N. The fourth-order valence-corrected chi connectivity index (χ4v) is 0. The molecule has 8 heavy (non-hydrogen) atoms. The Bertz CT molecular complexity index is 25.4. The molecule has 2 N–H and O–H groups in total. The average Bonchev–Trinajstić information content (AvgIpc) is 1.75. The molecule has 0 radical (unpaired) electrons. The maximum absolute atomic E-state index is 4.61. The lowest BCUT2D eigenvalue weighted by molar-refractivity contribution is 1.50. The monoisotopic (exact) mass is 115 g/mol. The fraction of sp³-hybridized carbons (Fsp3) is 0.429. The van der Waals surface area contributed by atoms with E-state index in [9.17, 15) is 0 Å². The highest BCUT2D eigenvalue weighted by molar-refractivity contribution is 4.51. The fourth-order valence-electron chi connectivity index (χ4n) is 0.